The quantitative estimate of drug-likeness (QED) is 0.831. The maximum Gasteiger partial charge on any atom is 0.222 e. The zero-order valence-electron chi connectivity index (χ0n) is 12.8. The molecule has 2 rings (SSSR count). The van der Waals surface area contributed by atoms with E-state index in [1.165, 1.54) is 18.4 Å². The molecule has 0 saturated carbocycles. The average Bonchev–Trinajstić information content (AvgIpc) is 2.45. The SMILES string of the molecule is CS(=O)(=O)CC1CCN(C(=O)CCc2ccc(F)cc2)CC1. The normalized spacial score (nSPS) is 16.7. The number of hydrogen-bond acceptors (Lipinski definition) is 3. The maximum absolute atomic E-state index is 12.8. The van der Waals surface area contributed by atoms with Gasteiger partial charge in [0.1, 0.15) is 15.7 Å². The number of hydrogen-bond donors (Lipinski definition) is 0. The number of likely N-dealkylation sites (tertiary alicyclic amines) is 1. The predicted octanol–water partition coefficient (Wildman–Crippen LogP) is 2.04. The topological polar surface area (TPSA) is 54.5 Å². The summed E-state index contributed by atoms with van der Waals surface area (Å²) in [6.45, 7) is 1.25. The summed E-state index contributed by atoms with van der Waals surface area (Å²) in [6, 6.07) is 6.19. The van der Waals surface area contributed by atoms with Gasteiger partial charge in [-0.3, -0.25) is 4.79 Å². The highest BCUT2D eigenvalue weighted by Crippen LogP contribution is 2.19. The number of halogens is 1. The molecule has 0 aromatic heterocycles. The first-order chi connectivity index (χ1) is 10.3. The van der Waals surface area contributed by atoms with Gasteiger partial charge in [0.2, 0.25) is 5.91 Å². The Morgan fingerprint density at radius 3 is 2.36 bits per heavy atom. The van der Waals surface area contributed by atoms with Crippen LogP contribution >= 0.6 is 0 Å². The lowest BCUT2D eigenvalue weighted by molar-refractivity contribution is -0.132. The lowest BCUT2D eigenvalue weighted by Crippen LogP contribution is -2.39. The molecule has 0 bridgehead atoms. The van der Waals surface area contributed by atoms with Crippen LogP contribution in [0.4, 0.5) is 4.39 Å². The van der Waals surface area contributed by atoms with Crippen molar-refractivity contribution in [2.24, 2.45) is 5.92 Å². The molecule has 1 aliphatic heterocycles. The van der Waals surface area contributed by atoms with Gasteiger partial charge in [0, 0.05) is 25.8 Å². The van der Waals surface area contributed by atoms with Gasteiger partial charge in [-0.15, -0.1) is 0 Å². The Morgan fingerprint density at radius 2 is 1.82 bits per heavy atom. The molecule has 0 spiro atoms. The molecule has 0 unspecified atom stereocenters. The van der Waals surface area contributed by atoms with Crippen molar-refractivity contribution in [1.82, 2.24) is 4.90 Å². The van der Waals surface area contributed by atoms with Gasteiger partial charge in [0.15, 0.2) is 0 Å². The number of amides is 1. The van der Waals surface area contributed by atoms with E-state index in [-0.39, 0.29) is 23.4 Å². The highest BCUT2D eigenvalue weighted by molar-refractivity contribution is 7.90. The van der Waals surface area contributed by atoms with E-state index < -0.39 is 9.84 Å². The van der Waals surface area contributed by atoms with E-state index >= 15 is 0 Å². The van der Waals surface area contributed by atoms with Crippen molar-refractivity contribution >= 4 is 15.7 Å². The van der Waals surface area contributed by atoms with Crippen LogP contribution in [0.15, 0.2) is 24.3 Å². The van der Waals surface area contributed by atoms with Gasteiger partial charge in [0.05, 0.1) is 5.75 Å². The van der Waals surface area contributed by atoms with Crippen LogP contribution in [0.5, 0.6) is 0 Å². The molecule has 122 valence electrons. The van der Waals surface area contributed by atoms with Crippen LogP contribution in [-0.4, -0.2) is 44.3 Å². The molecule has 1 aliphatic rings. The van der Waals surface area contributed by atoms with E-state index in [0.717, 1.165) is 18.4 Å². The van der Waals surface area contributed by atoms with Crippen molar-refractivity contribution in [2.45, 2.75) is 25.7 Å². The van der Waals surface area contributed by atoms with Crippen LogP contribution in [0.1, 0.15) is 24.8 Å². The van der Waals surface area contributed by atoms with Crippen molar-refractivity contribution in [3.8, 4) is 0 Å². The van der Waals surface area contributed by atoms with Crippen molar-refractivity contribution < 1.29 is 17.6 Å². The first kappa shape index (κ1) is 16.9. The molecular formula is C16H22FNO3S. The minimum atomic E-state index is -2.95. The second kappa shape index (κ2) is 7.22. The number of nitrogens with zero attached hydrogens (tertiary/aromatic N) is 1. The first-order valence-electron chi connectivity index (χ1n) is 7.53. The second-order valence-electron chi connectivity index (χ2n) is 6.04. The molecule has 1 heterocycles. The van der Waals surface area contributed by atoms with Gasteiger partial charge >= 0.3 is 0 Å². The fraction of sp³-hybridized carbons (Fsp3) is 0.562. The maximum atomic E-state index is 12.8. The largest absolute Gasteiger partial charge is 0.343 e. The summed E-state index contributed by atoms with van der Waals surface area (Å²) in [5.41, 5.74) is 0.946. The number of rotatable bonds is 5. The second-order valence-corrected chi connectivity index (χ2v) is 8.23. The summed E-state index contributed by atoms with van der Waals surface area (Å²) in [5.74, 6) is 0.186. The summed E-state index contributed by atoms with van der Waals surface area (Å²) in [4.78, 5) is 14.0. The predicted molar refractivity (Wildman–Crippen MR) is 83.7 cm³/mol. The van der Waals surface area contributed by atoms with E-state index in [1.807, 2.05) is 4.90 Å². The number of piperidine rings is 1. The summed E-state index contributed by atoms with van der Waals surface area (Å²) in [5, 5.41) is 0. The van der Waals surface area contributed by atoms with Crippen molar-refractivity contribution in [3.05, 3.63) is 35.6 Å². The standard InChI is InChI=1S/C16H22FNO3S/c1-22(20,21)12-14-8-10-18(11-9-14)16(19)7-4-13-2-5-15(17)6-3-13/h2-3,5-6,14H,4,7-12H2,1H3. The third-order valence-electron chi connectivity index (χ3n) is 4.05. The Kier molecular flexibility index (Phi) is 5.56. The molecular weight excluding hydrogens is 305 g/mol. The molecule has 6 heteroatoms. The third-order valence-corrected chi connectivity index (χ3v) is 5.12. The Balaban J connectivity index is 1.76. The number of benzene rings is 1. The van der Waals surface area contributed by atoms with E-state index in [0.29, 0.717) is 25.9 Å². The summed E-state index contributed by atoms with van der Waals surface area (Å²) in [6.07, 6.45) is 3.75. The van der Waals surface area contributed by atoms with Crippen LogP contribution in [0.2, 0.25) is 0 Å². The Bertz CT molecular complexity index is 605. The van der Waals surface area contributed by atoms with Crippen molar-refractivity contribution in [2.75, 3.05) is 25.1 Å². The molecule has 22 heavy (non-hydrogen) atoms. The minimum absolute atomic E-state index is 0.0853. The average molecular weight is 327 g/mol. The van der Waals surface area contributed by atoms with Crippen LogP contribution in [-0.2, 0) is 21.1 Å². The van der Waals surface area contributed by atoms with Crippen LogP contribution in [0.25, 0.3) is 0 Å². The van der Waals surface area contributed by atoms with E-state index in [1.54, 1.807) is 12.1 Å². The van der Waals surface area contributed by atoms with E-state index in [9.17, 15) is 17.6 Å². The smallest absolute Gasteiger partial charge is 0.222 e. The minimum Gasteiger partial charge on any atom is -0.343 e. The lowest BCUT2D eigenvalue weighted by Gasteiger charge is -2.31. The number of sulfone groups is 1. The molecule has 1 aromatic carbocycles. The Labute approximate surface area is 131 Å². The highest BCUT2D eigenvalue weighted by atomic mass is 32.2. The van der Waals surface area contributed by atoms with Gasteiger partial charge < -0.3 is 4.90 Å². The van der Waals surface area contributed by atoms with Gasteiger partial charge in [0.25, 0.3) is 0 Å². The Morgan fingerprint density at radius 1 is 1.23 bits per heavy atom. The zero-order valence-corrected chi connectivity index (χ0v) is 13.6. The molecule has 0 atom stereocenters. The lowest BCUT2D eigenvalue weighted by atomic mass is 9.98. The van der Waals surface area contributed by atoms with Crippen molar-refractivity contribution in [3.63, 3.8) is 0 Å². The monoisotopic (exact) mass is 327 g/mol. The molecule has 0 radical (unpaired) electrons. The van der Waals surface area contributed by atoms with Gasteiger partial charge in [-0.2, -0.15) is 0 Å². The fourth-order valence-electron chi connectivity index (χ4n) is 2.84. The van der Waals surface area contributed by atoms with Crippen molar-refractivity contribution in [1.29, 1.82) is 0 Å². The number of aryl methyl sites for hydroxylation is 1. The van der Waals surface area contributed by atoms with E-state index in [2.05, 4.69) is 0 Å². The molecule has 0 N–H and O–H groups in total. The highest BCUT2D eigenvalue weighted by Gasteiger charge is 2.24. The van der Waals surface area contributed by atoms with Crippen LogP contribution in [0.3, 0.4) is 0 Å². The molecule has 1 aromatic rings. The molecule has 4 nitrogen and oxygen atoms in total. The first-order valence-corrected chi connectivity index (χ1v) is 9.59. The summed E-state index contributed by atoms with van der Waals surface area (Å²) < 4.78 is 35.4. The van der Waals surface area contributed by atoms with Gasteiger partial charge in [-0.1, -0.05) is 12.1 Å². The van der Waals surface area contributed by atoms with Gasteiger partial charge in [-0.05, 0) is 42.9 Å². The Hall–Kier alpha value is -1.43. The molecule has 0 aliphatic carbocycles. The van der Waals surface area contributed by atoms with Gasteiger partial charge in [-0.25, -0.2) is 12.8 Å². The summed E-state index contributed by atoms with van der Waals surface area (Å²) >= 11 is 0. The zero-order chi connectivity index (χ0) is 16.2. The van der Waals surface area contributed by atoms with Crippen LogP contribution in [0, 0.1) is 11.7 Å². The molecule has 1 fully saturated rings. The number of carbonyl (C=O) groups excluding carboxylic acids is 1. The van der Waals surface area contributed by atoms with Crippen LogP contribution < -0.4 is 0 Å². The fourth-order valence-corrected chi connectivity index (χ4v) is 4.03. The summed E-state index contributed by atoms with van der Waals surface area (Å²) in [7, 11) is -2.95. The van der Waals surface area contributed by atoms with E-state index in [4.69, 9.17) is 0 Å². The third kappa shape index (κ3) is 5.40. The molecule has 1 saturated heterocycles. The molecule has 1 amide bonds. The number of carbonyl (C=O) groups is 1.